The van der Waals surface area contributed by atoms with Crippen LogP contribution in [0.2, 0.25) is 5.02 Å². The molecule has 0 radical (unpaired) electrons. The molecule has 0 saturated heterocycles. The van der Waals surface area contributed by atoms with Crippen LogP contribution in [0.5, 0.6) is 0 Å². The van der Waals surface area contributed by atoms with E-state index in [0.717, 1.165) is 26.2 Å². The van der Waals surface area contributed by atoms with Gasteiger partial charge in [-0.25, -0.2) is 4.98 Å². The third kappa shape index (κ3) is 2.26. The number of benzene rings is 1. The Hall–Kier alpha value is -0.900. The highest BCUT2D eigenvalue weighted by Gasteiger charge is 2.15. The van der Waals surface area contributed by atoms with Crippen LogP contribution in [0.4, 0.5) is 0 Å². The van der Waals surface area contributed by atoms with E-state index in [1.807, 2.05) is 38.1 Å². The van der Waals surface area contributed by atoms with Gasteiger partial charge < -0.3 is 5.73 Å². The molecule has 2 nitrogen and oxygen atoms in total. The number of hydrogen-bond acceptors (Lipinski definition) is 3. The first-order chi connectivity index (χ1) is 7.58. The monoisotopic (exact) mass is 252 g/mol. The Balaban J connectivity index is 2.35. The minimum Gasteiger partial charge on any atom is -0.320 e. The van der Waals surface area contributed by atoms with Gasteiger partial charge in [0.05, 0.1) is 16.7 Å². The molecule has 0 saturated carbocycles. The molecule has 0 spiro atoms. The predicted octanol–water partition coefficient (Wildman–Crippen LogP) is 3.46. The first-order valence-electron chi connectivity index (χ1n) is 5.03. The lowest BCUT2D eigenvalue weighted by atomic mass is 10.1. The highest BCUT2D eigenvalue weighted by atomic mass is 35.5. The quantitative estimate of drug-likeness (QED) is 0.889. The fourth-order valence-corrected chi connectivity index (χ4v) is 2.74. The number of rotatable bonds is 2. The maximum Gasteiger partial charge on any atom is 0.0900 e. The summed E-state index contributed by atoms with van der Waals surface area (Å²) < 4.78 is 0. The molecule has 1 atom stereocenters. The molecule has 0 fully saturated rings. The van der Waals surface area contributed by atoms with Crippen LogP contribution in [0.15, 0.2) is 24.3 Å². The number of aromatic nitrogens is 1. The minimum absolute atomic E-state index is 0.108. The Morgan fingerprint density at radius 1 is 1.25 bits per heavy atom. The summed E-state index contributed by atoms with van der Waals surface area (Å²) in [4.78, 5) is 5.51. The SMILES string of the molecule is Cc1nc(C)c(C(N)c2ccc(Cl)cc2)s1. The second-order valence-corrected chi connectivity index (χ2v) is 5.38. The van der Waals surface area contributed by atoms with Crippen LogP contribution in [0, 0.1) is 13.8 Å². The van der Waals surface area contributed by atoms with Crippen LogP contribution in [0.1, 0.15) is 27.2 Å². The van der Waals surface area contributed by atoms with E-state index in [4.69, 9.17) is 17.3 Å². The van der Waals surface area contributed by atoms with Crippen molar-refractivity contribution in [2.75, 3.05) is 0 Å². The van der Waals surface area contributed by atoms with Crippen molar-refractivity contribution < 1.29 is 0 Å². The summed E-state index contributed by atoms with van der Waals surface area (Å²) in [6.45, 7) is 3.99. The lowest BCUT2D eigenvalue weighted by Crippen LogP contribution is -2.11. The predicted molar refractivity (Wildman–Crippen MR) is 69.1 cm³/mol. The van der Waals surface area contributed by atoms with E-state index >= 15 is 0 Å². The Kier molecular flexibility index (Phi) is 3.28. The number of hydrogen-bond donors (Lipinski definition) is 1. The maximum absolute atomic E-state index is 6.21. The van der Waals surface area contributed by atoms with Gasteiger partial charge in [-0.15, -0.1) is 11.3 Å². The molecule has 1 heterocycles. The van der Waals surface area contributed by atoms with Crippen molar-refractivity contribution in [3.8, 4) is 0 Å². The van der Waals surface area contributed by atoms with Crippen LogP contribution < -0.4 is 5.73 Å². The van der Waals surface area contributed by atoms with Gasteiger partial charge in [-0.2, -0.15) is 0 Å². The highest BCUT2D eigenvalue weighted by Crippen LogP contribution is 2.28. The zero-order valence-corrected chi connectivity index (χ0v) is 10.8. The van der Waals surface area contributed by atoms with Crippen LogP contribution >= 0.6 is 22.9 Å². The second-order valence-electron chi connectivity index (χ2n) is 3.71. The van der Waals surface area contributed by atoms with Gasteiger partial charge in [0.25, 0.3) is 0 Å². The minimum atomic E-state index is -0.108. The molecule has 0 amide bonds. The molecular weight excluding hydrogens is 240 g/mol. The summed E-state index contributed by atoms with van der Waals surface area (Å²) in [7, 11) is 0. The Labute approximate surface area is 104 Å². The highest BCUT2D eigenvalue weighted by molar-refractivity contribution is 7.11. The van der Waals surface area contributed by atoms with Crippen molar-refractivity contribution >= 4 is 22.9 Å². The fraction of sp³-hybridized carbons (Fsp3) is 0.250. The molecule has 16 heavy (non-hydrogen) atoms. The molecule has 84 valence electrons. The third-order valence-corrected chi connectivity index (χ3v) is 3.86. The van der Waals surface area contributed by atoms with Gasteiger partial charge >= 0.3 is 0 Å². The third-order valence-electron chi connectivity index (χ3n) is 2.45. The number of aryl methyl sites for hydroxylation is 2. The van der Waals surface area contributed by atoms with E-state index < -0.39 is 0 Å². The van der Waals surface area contributed by atoms with Crippen molar-refractivity contribution in [2.45, 2.75) is 19.9 Å². The van der Waals surface area contributed by atoms with Crippen molar-refractivity contribution in [1.29, 1.82) is 0 Å². The van der Waals surface area contributed by atoms with E-state index in [1.165, 1.54) is 0 Å². The lowest BCUT2D eigenvalue weighted by Gasteiger charge is -2.10. The summed E-state index contributed by atoms with van der Waals surface area (Å²) in [5.74, 6) is 0. The first-order valence-corrected chi connectivity index (χ1v) is 6.22. The van der Waals surface area contributed by atoms with Gasteiger partial charge in [0.15, 0.2) is 0 Å². The normalized spacial score (nSPS) is 12.8. The Bertz CT molecular complexity index is 490. The average molecular weight is 253 g/mol. The van der Waals surface area contributed by atoms with Crippen LogP contribution in [-0.4, -0.2) is 4.98 Å². The molecule has 1 aromatic carbocycles. The number of nitrogens with two attached hydrogens (primary N) is 1. The molecule has 2 rings (SSSR count). The Morgan fingerprint density at radius 3 is 2.38 bits per heavy atom. The molecule has 0 aliphatic carbocycles. The molecule has 0 bridgehead atoms. The summed E-state index contributed by atoms with van der Waals surface area (Å²) in [5.41, 5.74) is 8.29. The molecule has 4 heteroatoms. The summed E-state index contributed by atoms with van der Waals surface area (Å²) >= 11 is 7.50. The van der Waals surface area contributed by atoms with Gasteiger partial charge in [-0.05, 0) is 31.5 Å². The van der Waals surface area contributed by atoms with E-state index in [-0.39, 0.29) is 6.04 Å². The van der Waals surface area contributed by atoms with Crippen LogP contribution in [0.3, 0.4) is 0 Å². The number of thiazole rings is 1. The van der Waals surface area contributed by atoms with Crippen molar-refractivity contribution in [2.24, 2.45) is 5.73 Å². The molecule has 1 unspecified atom stereocenters. The van der Waals surface area contributed by atoms with Crippen molar-refractivity contribution in [1.82, 2.24) is 4.98 Å². The summed E-state index contributed by atoms with van der Waals surface area (Å²) in [5, 5.41) is 1.78. The number of halogens is 1. The van der Waals surface area contributed by atoms with E-state index in [0.29, 0.717) is 0 Å². The zero-order valence-electron chi connectivity index (χ0n) is 9.20. The second kappa shape index (κ2) is 4.53. The molecule has 0 aliphatic rings. The molecule has 0 aliphatic heterocycles. The molecule has 1 aromatic heterocycles. The summed E-state index contributed by atoms with van der Waals surface area (Å²) in [6, 6.07) is 7.53. The fourth-order valence-electron chi connectivity index (χ4n) is 1.66. The van der Waals surface area contributed by atoms with Crippen LogP contribution in [0.25, 0.3) is 0 Å². The van der Waals surface area contributed by atoms with Crippen molar-refractivity contribution in [3.63, 3.8) is 0 Å². The van der Waals surface area contributed by atoms with Gasteiger partial charge in [0, 0.05) is 9.90 Å². The first kappa shape index (κ1) is 11.6. The van der Waals surface area contributed by atoms with E-state index in [1.54, 1.807) is 11.3 Å². The van der Waals surface area contributed by atoms with Gasteiger partial charge in [-0.1, -0.05) is 23.7 Å². The maximum atomic E-state index is 6.21. The average Bonchev–Trinajstić information content (AvgIpc) is 2.58. The zero-order chi connectivity index (χ0) is 11.7. The van der Waals surface area contributed by atoms with Crippen molar-refractivity contribution in [3.05, 3.63) is 50.4 Å². The molecule has 2 N–H and O–H groups in total. The largest absolute Gasteiger partial charge is 0.320 e. The number of nitrogens with zero attached hydrogens (tertiary/aromatic N) is 1. The lowest BCUT2D eigenvalue weighted by molar-refractivity contribution is 0.877. The van der Waals surface area contributed by atoms with E-state index in [2.05, 4.69) is 4.98 Å². The molecular formula is C12H13ClN2S. The summed E-state index contributed by atoms with van der Waals surface area (Å²) in [6.07, 6.45) is 0. The smallest absolute Gasteiger partial charge is 0.0900 e. The van der Waals surface area contributed by atoms with Gasteiger partial charge in [-0.3, -0.25) is 0 Å². The standard InChI is InChI=1S/C12H13ClN2S/c1-7-12(16-8(2)15-7)11(14)9-3-5-10(13)6-4-9/h3-6,11H,14H2,1-2H3. The van der Waals surface area contributed by atoms with Crippen LogP contribution in [-0.2, 0) is 0 Å². The van der Waals surface area contributed by atoms with Gasteiger partial charge in [0.2, 0.25) is 0 Å². The van der Waals surface area contributed by atoms with Gasteiger partial charge in [0.1, 0.15) is 0 Å². The topological polar surface area (TPSA) is 38.9 Å². The Morgan fingerprint density at radius 2 is 1.88 bits per heavy atom. The van der Waals surface area contributed by atoms with E-state index in [9.17, 15) is 0 Å². The molecule has 2 aromatic rings.